The number of ether oxygens (including phenoxy) is 2. The lowest BCUT2D eigenvalue weighted by Crippen LogP contribution is -2.39. The molecule has 7 nitrogen and oxygen atoms in total. The number of anilines is 1. The summed E-state index contributed by atoms with van der Waals surface area (Å²) in [5, 5.41) is 2.76. The Morgan fingerprint density at radius 3 is 2.36 bits per heavy atom. The van der Waals surface area contributed by atoms with Gasteiger partial charge >= 0.3 is 0 Å². The predicted octanol–water partition coefficient (Wildman–Crippen LogP) is 4.09. The van der Waals surface area contributed by atoms with E-state index in [0.717, 1.165) is 10.0 Å². The van der Waals surface area contributed by atoms with Crippen LogP contribution < -0.4 is 14.8 Å². The number of carbonyl (C=O) groups is 1. The van der Waals surface area contributed by atoms with Crippen LogP contribution in [0.1, 0.15) is 5.56 Å². The van der Waals surface area contributed by atoms with E-state index in [1.165, 1.54) is 16.4 Å². The molecular weight excluding hydrogens is 508 g/mol. The highest BCUT2D eigenvalue weighted by molar-refractivity contribution is 9.10. The van der Waals surface area contributed by atoms with Crippen molar-refractivity contribution < 1.29 is 22.7 Å². The van der Waals surface area contributed by atoms with Crippen LogP contribution in [0, 0.1) is 0 Å². The van der Waals surface area contributed by atoms with Gasteiger partial charge in [-0.25, -0.2) is 8.42 Å². The van der Waals surface area contributed by atoms with Crippen LogP contribution in [0.3, 0.4) is 0 Å². The number of fused-ring (bicyclic) bond motifs is 1. The van der Waals surface area contributed by atoms with Gasteiger partial charge in [0.25, 0.3) is 0 Å². The van der Waals surface area contributed by atoms with Gasteiger partial charge in [-0.1, -0.05) is 46.3 Å². The van der Waals surface area contributed by atoms with Crippen LogP contribution in [0.15, 0.2) is 82.2 Å². The van der Waals surface area contributed by atoms with Gasteiger partial charge in [-0.15, -0.1) is 0 Å². The first-order valence-electron chi connectivity index (χ1n) is 10.4. The minimum atomic E-state index is -3.97. The van der Waals surface area contributed by atoms with Gasteiger partial charge in [0.1, 0.15) is 13.2 Å². The van der Waals surface area contributed by atoms with Crippen molar-refractivity contribution in [2.24, 2.45) is 0 Å². The van der Waals surface area contributed by atoms with E-state index in [-0.39, 0.29) is 18.0 Å². The van der Waals surface area contributed by atoms with Crippen molar-refractivity contribution in [3.8, 4) is 11.5 Å². The smallest absolute Gasteiger partial charge is 0.243 e. The van der Waals surface area contributed by atoms with Crippen LogP contribution in [-0.4, -0.2) is 44.9 Å². The average molecular weight is 531 g/mol. The first kappa shape index (κ1) is 23.3. The molecule has 0 saturated carbocycles. The maximum absolute atomic E-state index is 13.5. The van der Waals surface area contributed by atoms with Crippen molar-refractivity contribution in [1.82, 2.24) is 4.31 Å². The molecule has 0 fully saturated rings. The minimum Gasteiger partial charge on any atom is -0.486 e. The highest BCUT2D eigenvalue weighted by Gasteiger charge is 2.28. The summed E-state index contributed by atoms with van der Waals surface area (Å²) in [6.45, 7) is 0.594. The summed E-state index contributed by atoms with van der Waals surface area (Å²) in [6.07, 6.45) is 0.468. The zero-order valence-electron chi connectivity index (χ0n) is 17.7. The fourth-order valence-electron chi connectivity index (χ4n) is 3.41. The largest absolute Gasteiger partial charge is 0.486 e. The summed E-state index contributed by atoms with van der Waals surface area (Å²) in [6, 6.07) is 21.1. The molecule has 1 amide bonds. The molecule has 3 aromatic carbocycles. The fourth-order valence-corrected chi connectivity index (χ4v) is 5.09. The second-order valence-corrected chi connectivity index (χ2v) is 10.3. The van der Waals surface area contributed by atoms with E-state index in [0.29, 0.717) is 36.8 Å². The van der Waals surface area contributed by atoms with E-state index in [9.17, 15) is 13.2 Å². The third kappa shape index (κ3) is 5.93. The molecule has 0 saturated heterocycles. The van der Waals surface area contributed by atoms with Gasteiger partial charge in [0.2, 0.25) is 15.9 Å². The molecule has 1 aliphatic heterocycles. The lowest BCUT2D eigenvalue weighted by molar-refractivity contribution is -0.116. The Morgan fingerprint density at radius 1 is 0.939 bits per heavy atom. The molecule has 0 unspecified atom stereocenters. The summed E-state index contributed by atoms with van der Waals surface area (Å²) in [5.41, 5.74) is 1.57. The molecule has 0 aliphatic carbocycles. The maximum atomic E-state index is 13.5. The fraction of sp³-hybridized carbons (Fsp3) is 0.208. The van der Waals surface area contributed by atoms with Crippen molar-refractivity contribution in [1.29, 1.82) is 0 Å². The van der Waals surface area contributed by atoms with Crippen LogP contribution in [0.2, 0.25) is 0 Å². The zero-order valence-corrected chi connectivity index (χ0v) is 20.1. The number of sulfonamides is 1. The molecule has 0 atom stereocenters. The standard InChI is InChI=1S/C24H23BrN2O5S/c25-19-6-8-20(9-7-19)26-24(28)17-27(13-12-18-4-2-1-3-5-18)33(29,30)21-10-11-22-23(16-21)32-15-14-31-22/h1-11,16H,12-15,17H2,(H,26,28). The van der Waals surface area contributed by atoms with Crippen LogP contribution in [0.4, 0.5) is 5.69 Å². The molecule has 1 aliphatic rings. The van der Waals surface area contributed by atoms with Gasteiger partial charge in [0.05, 0.1) is 11.4 Å². The third-order valence-corrected chi connectivity index (χ3v) is 7.46. The Bertz CT molecular complexity index is 1220. The molecule has 3 aromatic rings. The molecule has 0 spiro atoms. The number of nitrogens with one attached hydrogen (secondary N) is 1. The van der Waals surface area contributed by atoms with E-state index in [2.05, 4.69) is 21.2 Å². The minimum absolute atomic E-state index is 0.0521. The van der Waals surface area contributed by atoms with E-state index in [1.54, 1.807) is 30.3 Å². The molecule has 1 N–H and O–H groups in total. The Hall–Kier alpha value is -2.88. The SMILES string of the molecule is O=C(CN(CCc1ccccc1)S(=O)(=O)c1ccc2c(c1)OCCO2)Nc1ccc(Br)cc1. The summed E-state index contributed by atoms with van der Waals surface area (Å²) >= 11 is 3.35. The van der Waals surface area contributed by atoms with Gasteiger partial charge in [0.15, 0.2) is 11.5 Å². The van der Waals surface area contributed by atoms with Crippen LogP contribution in [0.5, 0.6) is 11.5 Å². The molecule has 4 rings (SSSR count). The molecule has 1 heterocycles. The number of benzene rings is 3. The second kappa shape index (κ2) is 10.4. The molecule has 0 bridgehead atoms. The second-order valence-electron chi connectivity index (χ2n) is 7.43. The average Bonchev–Trinajstić information content (AvgIpc) is 2.83. The lowest BCUT2D eigenvalue weighted by atomic mass is 10.1. The number of nitrogens with zero attached hydrogens (tertiary/aromatic N) is 1. The monoisotopic (exact) mass is 530 g/mol. The Balaban J connectivity index is 1.56. The summed E-state index contributed by atoms with van der Waals surface area (Å²) in [5.74, 6) is 0.458. The molecule has 9 heteroatoms. The first-order valence-corrected chi connectivity index (χ1v) is 12.6. The maximum Gasteiger partial charge on any atom is 0.243 e. The molecule has 172 valence electrons. The van der Waals surface area contributed by atoms with E-state index in [4.69, 9.17) is 9.47 Å². The number of amides is 1. The summed E-state index contributed by atoms with van der Waals surface area (Å²) in [7, 11) is -3.97. The zero-order chi connectivity index (χ0) is 23.3. The predicted molar refractivity (Wildman–Crippen MR) is 129 cm³/mol. The summed E-state index contributed by atoms with van der Waals surface area (Å²) in [4.78, 5) is 12.8. The summed E-state index contributed by atoms with van der Waals surface area (Å²) < 4.78 is 40.1. The molecular formula is C24H23BrN2O5S. The normalized spacial score (nSPS) is 13.0. The number of carbonyl (C=O) groups excluding carboxylic acids is 1. The Kier molecular flexibility index (Phi) is 7.32. The van der Waals surface area contributed by atoms with Crippen LogP contribution in [-0.2, 0) is 21.2 Å². The highest BCUT2D eigenvalue weighted by Crippen LogP contribution is 2.33. The first-order chi connectivity index (χ1) is 15.9. The number of hydrogen-bond donors (Lipinski definition) is 1. The van der Waals surface area contributed by atoms with E-state index >= 15 is 0 Å². The van der Waals surface area contributed by atoms with Gasteiger partial charge in [0, 0.05) is 22.8 Å². The van der Waals surface area contributed by atoms with Crippen molar-refractivity contribution in [2.75, 3.05) is 31.6 Å². The van der Waals surface area contributed by atoms with Crippen LogP contribution in [0.25, 0.3) is 0 Å². The van der Waals surface area contributed by atoms with Gasteiger partial charge in [-0.2, -0.15) is 4.31 Å². The molecule has 33 heavy (non-hydrogen) atoms. The quantitative estimate of drug-likeness (QED) is 0.474. The van der Waals surface area contributed by atoms with Gasteiger partial charge in [-0.05, 0) is 48.4 Å². The molecule has 0 radical (unpaired) electrons. The lowest BCUT2D eigenvalue weighted by Gasteiger charge is -2.24. The Morgan fingerprint density at radius 2 is 1.64 bits per heavy atom. The Labute approximate surface area is 201 Å². The third-order valence-electron chi connectivity index (χ3n) is 5.09. The van der Waals surface area contributed by atoms with Crippen molar-refractivity contribution in [2.45, 2.75) is 11.3 Å². The van der Waals surface area contributed by atoms with Gasteiger partial charge < -0.3 is 14.8 Å². The molecule has 0 aromatic heterocycles. The highest BCUT2D eigenvalue weighted by atomic mass is 79.9. The van der Waals surface area contributed by atoms with Crippen molar-refractivity contribution >= 4 is 37.5 Å². The van der Waals surface area contributed by atoms with Crippen LogP contribution >= 0.6 is 15.9 Å². The van der Waals surface area contributed by atoms with E-state index < -0.39 is 15.9 Å². The van der Waals surface area contributed by atoms with Crippen molar-refractivity contribution in [3.05, 3.63) is 82.8 Å². The number of rotatable bonds is 8. The number of halogens is 1. The van der Waals surface area contributed by atoms with Crippen molar-refractivity contribution in [3.63, 3.8) is 0 Å². The van der Waals surface area contributed by atoms with E-state index in [1.807, 2.05) is 30.3 Å². The topological polar surface area (TPSA) is 84.9 Å². The van der Waals surface area contributed by atoms with Gasteiger partial charge in [-0.3, -0.25) is 4.79 Å². The number of hydrogen-bond acceptors (Lipinski definition) is 5.